The zero-order valence-electron chi connectivity index (χ0n) is 42.9. The number of ether oxygens (including phenoxy) is 6. The van der Waals surface area contributed by atoms with E-state index in [1.807, 2.05) is 155 Å². The third-order valence-electron chi connectivity index (χ3n) is 12.6. The molecule has 3 unspecified atom stereocenters. The van der Waals surface area contributed by atoms with Crippen LogP contribution in [0.3, 0.4) is 0 Å². The lowest BCUT2D eigenvalue weighted by atomic mass is 10.2. The van der Waals surface area contributed by atoms with Crippen molar-refractivity contribution in [3.63, 3.8) is 0 Å². The number of fused-ring (bicyclic) bond motifs is 1. The smallest absolute Gasteiger partial charge is 0.332 e. The zero-order chi connectivity index (χ0) is 53.1. The molecular weight excluding hydrogens is 969 g/mol. The summed E-state index contributed by atoms with van der Waals surface area (Å²) in [6.07, 6.45) is -1.49. The van der Waals surface area contributed by atoms with Gasteiger partial charge in [0.2, 0.25) is 0 Å². The molecule has 0 bridgehead atoms. The highest BCUT2D eigenvalue weighted by molar-refractivity contribution is 5.69. The van der Waals surface area contributed by atoms with Gasteiger partial charge in [-0.05, 0) is 53.1 Å². The van der Waals surface area contributed by atoms with Crippen LogP contribution in [0.25, 0.3) is 11.2 Å². The fourth-order valence-corrected chi connectivity index (χ4v) is 8.53. The predicted octanol–water partition coefficient (Wildman–Crippen LogP) is 6.09. The number of hydrogen-bond donors (Lipinski definition) is 3. The summed E-state index contributed by atoms with van der Waals surface area (Å²) < 4.78 is 41.0. The fraction of sp³-hybridized carbons (Fsp3) is 0.305. The maximum absolute atomic E-state index is 13.4. The second-order valence-electron chi connectivity index (χ2n) is 18.4. The molecular formula is C59H66N6O11. The molecule has 2 aromatic heterocycles. The number of benzene rings is 6. The Labute approximate surface area is 441 Å². The van der Waals surface area contributed by atoms with E-state index >= 15 is 0 Å². The first-order valence-electron chi connectivity index (χ1n) is 25.3. The minimum absolute atomic E-state index is 0.0677. The van der Waals surface area contributed by atoms with Gasteiger partial charge < -0.3 is 48.3 Å². The quantitative estimate of drug-likeness (QED) is 0.0470. The van der Waals surface area contributed by atoms with Gasteiger partial charge in [0.1, 0.15) is 58.0 Å². The van der Waals surface area contributed by atoms with E-state index < -0.39 is 29.6 Å². The normalized spacial score (nSPS) is 12.6. The largest absolute Gasteiger partial charge is 0.487 e. The molecule has 17 nitrogen and oxygen atoms in total. The predicted molar refractivity (Wildman–Crippen MR) is 289 cm³/mol. The van der Waals surface area contributed by atoms with Gasteiger partial charge in [0.15, 0.2) is 45.7 Å². The molecule has 0 saturated carbocycles. The number of aromatic nitrogens is 4. The van der Waals surface area contributed by atoms with Gasteiger partial charge in [-0.3, -0.25) is 23.7 Å². The van der Waals surface area contributed by atoms with E-state index in [2.05, 4.69) is 4.98 Å². The lowest BCUT2D eigenvalue weighted by Crippen LogP contribution is -2.46. The Morgan fingerprint density at radius 3 is 1.18 bits per heavy atom. The average Bonchev–Trinajstić information content (AvgIpc) is 3.90. The summed E-state index contributed by atoms with van der Waals surface area (Å²) in [5.41, 5.74) is 2.56. The number of nitrogens with zero attached hydrogens (tertiary/aromatic N) is 6. The van der Waals surface area contributed by atoms with Crippen LogP contribution in [0.1, 0.15) is 16.7 Å². The number of aliphatic hydroxyl groups is 3. The number of hydrogen-bond acceptors (Lipinski definition) is 14. The monoisotopic (exact) mass is 1030 g/mol. The van der Waals surface area contributed by atoms with Crippen molar-refractivity contribution in [2.75, 3.05) is 59.1 Å². The molecule has 0 saturated heterocycles. The second-order valence-corrected chi connectivity index (χ2v) is 18.4. The van der Waals surface area contributed by atoms with Gasteiger partial charge in [0.05, 0.1) is 6.33 Å². The Bertz CT molecular complexity index is 3060. The molecule has 8 aromatic rings. The van der Waals surface area contributed by atoms with E-state index in [0.717, 1.165) is 21.3 Å². The number of imidazole rings is 1. The van der Waals surface area contributed by atoms with Gasteiger partial charge in [-0.1, -0.05) is 127 Å². The van der Waals surface area contributed by atoms with Crippen LogP contribution in [-0.4, -0.2) is 121 Å². The number of para-hydroxylation sites is 6. The minimum atomic E-state index is -1.01. The zero-order valence-corrected chi connectivity index (χ0v) is 42.9. The van der Waals surface area contributed by atoms with E-state index in [4.69, 9.17) is 28.4 Å². The minimum Gasteiger partial charge on any atom is -0.487 e. The van der Waals surface area contributed by atoms with E-state index in [0.29, 0.717) is 74.0 Å². The van der Waals surface area contributed by atoms with Gasteiger partial charge in [-0.25, -0.2) is 9.78 Å². The molecule has 0 aliphatic rings. The highest BCUT2D eigenvalue weighted by Gasteiger charge is 2.22. The summed E-state index contributed by atoms with van der Waals surface area (Å²) in [6.45, 7) is 2.36. The van der Waals surface area contributed by atoms with E-state index in [-0.39, 0.29) is 57.2 Å². The van der Waals surface area contributed by atoms with Crippen molar-refractivity contribution in [1.82, 2.24) is 28.5 Å². The van der Waals surface area contributed by atoms with Crippen molar-refractivity contribution in [2.45, 2.75) is 44.7 Å². The molecule has 8 rings (SSSR count). The lowest BCUT2D eigenvalue weighted by Gasteiger charge is -2.31. The van der Waals surface area contributed by atoms with Crippen LogP contribution in [0.4, 0.5) is 0 Å². The maximum Gasteiger partial charge on any atom is 0.332 e. The molecule has 0 amide bonds. The van der Waals surface area contributed by atoms with Crippen LogP contribution in [0.2, 0.25) is 0 Å². The molecule has 76 heavy (non-hydrogen) atoms. The molecule has 2 heterocycles. The van der Waals surface area contributed by atoms with Gasteiger partial charge in [-0.15, -0.1) is 0 Å². The van der Waals surface area contributed by atoms with Crippen LogP contribution < -0.4 is 39.7 Å². The Balaban J connectivity index is 0.974. The SMILES string of the molecule is Cn1c(=O)c2c(ncn2CCN(CCN(CC(O)COc2ccccc2OCc2ccccc2)CC(O)COc2ccccc2OCc2ccccc2)CC(O)COc2ccccc2OCc2ccccc2)n(C)c1=O. The number of aryl methyl sites for hydroxylation is 1. The van der Waals surface area contributed by atoms with Crippen LogP contribution >= 0.6 is 0 Å². The summed E-state index contributed by atoms with van der Waals surface area (Å²) >= 11 is 0. The first kappa shape index (κ1) is 54.3. The molecule has 0 aliphatic carbocycles. The van der Waals surface area contributed by atoms with Gasteiger partial charge in [-0.2, -0.15) is 0 Å². The standard InChI is InChI=1S/C59H66N6O11/c1-61-57-56(58(69)62(2)59(61)70)65(43-60-57)33-32-63(34-47(66)40-74-53-27-15-12-24-50(53)71-37-44-18-6-3-7-19-44)30-31-64(35-48(67)41-75-54-28-16-13-25-51(54)72-38-45-20-8-4-9-21-45)36-49(68)42-76-55-29-17-14-26-52(55)73-39-46-22-10-5-11-23-46/h3-29,43,47-49,66-68H,30-42H2,1-2H3. The topological polar surface area (TPSA) is 184 Å². The van der Waals surface area contributed by atoms with Crippen LogP contribution in [0.5, 0.6) is 34.5 Å². The van der Waals surface area contributed by atoms with Crippen LogP contribution in [-0.2, 0) is 40.5 Å². The third-order valence-corrected chi connectivity index (χ3v) is 12.6. The molecule has 398 valence electrons. The average molecular weight is 1040 g/mol. The van der Waals surface area contributed by atoms with Gasteiger partial charge in [0.25, 0.3) is 5.56 Å². The first-order valence-corrected chi connectivity index (χ1v) is 25.3. The van der Waals surface area contributed by atoms with Crippen molar-refractivity contribution >= 4 is 11.2 Å². The molecule has 0 aliphatic heterocycles. The molecule has 0 spiro atoms. The van der Waals surface area contributed by atoms with Crippen LogP contribution in [0, 0.1) is 0 Å². The summed E-state index contributed by atoms with van der Waals surface area (Å²) in [5.74, 6) is 3.02. The molecule has 17 heteroatoms. The number of rotatable bonds is 30. The number of aliphatic hydroxyl groups excluding tert-OH is 3. The van der Waals surface area contributed by atoms with Crippen LogP contribution in [0.15, 0.2) is 180 Å². The summed E-state index contributed by atoms with van der Waals surface area (Å²) in [7, 11) is 3.00. The van der Waals surface area contributed by atoms with E-state index in [1.54, 1.807) is 29.8 Å². The van der Waals surface area contributed by atoms with Gasteiger partial charge >= 0.3 is 5.69 Å². The van der Waals surface area contributed by atoms with Crippen molar-refractivity contribution in [3.8, 4) is 34.5 Å². The third kappa shape index (κ3) is 15.6. The Morgan fingerprint density at radius 2 is 0.789 bits per heavy atom. The van der Waals surface area contributed by atoms with Gasteiger partial charge in [0, 0.05) is 59.9 Å². The van der Waals surface area contributed by atoms with Crippen molar-refractivity contribution in [1.29, 1.82) is 0 Å². The second kappa shape index (κ2) is 27.6. The highest BCUT2D eigenvalue weighted by atomic mass is 16.5. The summed E-state index contributed by atoms with van der Waals surface area (Å²) in [5, 5.41) is 34.9. The Morgan fingerprint density at radius 1 is 0.447 bits per heavy atom. The Hall–Kier alpha value is -7.93. The molecule has 3 N–H and O–H groups in total. The molecule has 0 fully saturated rings. The summed E-state index contributed by atoms with van der Waals surface area (Å²) in [4.78, 5) is 34.5. The fourth-order valence-electron chi connectivity index (χ4n) is 8.53. The van der Waals surface area contributed by atoms with E-state index in [9.17, 15) is 24.9 Å². The first-order chi connectivity index (χ1) is 37.1. The molecule has 3 atom stereocenters. The van der Waals surface area contributed by atoms with Crippen molar-refractivity contribution in [3.05, 3.63) is 208 Å². The molecule has 6 aromatic carbocycles. The Kier molecular flexibility index (Phi) is 19.7. The van der Waals surface area contributed by atoms with Crippen molar-refractivity contribution < 1.29 is 43.7 Å². The van der Waals surface area contributed by atoms with E-state index in [1.165, 1.54) is 17.9 Å². The summed E-state index contributed by atoms with van der Waals surface area (Å²) in [6, 6.07) is 51.3. The van der Waals surface area contributed by atoms with Crippen molar-refractivity contribution in [2.24, 2.45) is 14.1 Å². The molecule has 0 radical (unpaired) electrons. The highest BCUT2D eigenvalue weighted by Crippen LogP contribution is 2.30. The maximum atomic E-state index is 13.4. The lowest BCUT2D eigenvalue weighted by molar-refractivity contribution is 0.0216.